The second-order valence-corrected chi connectivity index (χ2v) is 12.0. The predicted octanol–water partition coefficient (Wildman–Crippen LogP) is 4.88. The molecule has 1 aliphatic rings. The molecular formula is C25H27Cl3N4O4S. The molecule has 2 aromatic carbocycles. The first-order valence-corrected chi connectivity index (χ1v) is 13.7. The zero-order valence-corrected chi connectivity index (χ0v) is 23.3. The largest absolute Gasteiger partial charge is 0.392 e. The van der Waals surface area contributed by atoms with E-state index in [-0.39, 0.29) is 31.3 Å². The molecule has 8 nitrogen and oxygen atoms in total. The van der Waals surface area contributed by atoms with Crippen molar-refractivity contribution in [2.24, 2.45) is 13.0 Å². The molecule has 0 spiro atoms. The third-order valence-electron chi connectivity index (χ3n) is 6.13. The van der Waals surface area contributed by atoms with Gasteiger partial charge in [-0.2, -0.15) is 0 Å². The third-order valence-corrected chi connectivity index (χ3v) is 7.77. The highest BCUT2D eigenvalue weighted by Crippen LogP contribution is 2.42. The topological polar surface area (TPSA) is 98.5 Å². The van der Waals surface area contributed by atoms with Crippen LogP contribution in [0, 0.1) is 5.92 Å². The molecule has 4 atom stereocenters. The van der Waals surface area contributed by atoms with Crippen molar-refractivity contribution < 1.29 is 19.4 Å². The number of hydrogen-bond donors (Lipinski definition) is 2. The molecule has 0 bridgehead atoms. The standard InChI is InChI=1S/C25H27Cl3N4O4S/c1-15-20(13-37-24-31-30-14-32(24)2)35-22(36-21(15)18-7-5-17(12-33)6-8-18)19-9-3-16(4-10-19)11-29-23(34)25(26,27)28/h3-10,14-15,20-22,33H,11-13H2,1-2H3,(H,29,34). The minimum atomic E-state index is -2.01. The number of nitrogens with one attached hydrogen (secondary N) is 1. The number of rotatable bonds is 8. The number of aliphatic hydroxyl groups excluding tert-OH is 1. The smallest absolute Gasteiger partial charge is 0.272 e. The van der Waals surface area contributed by atoms with Crippen LogP contribution in [-0.2, 0) is 34.5 Å². The van der Waals surface area contributed by atoms with Crippen molar-refractivity contribution in [3.05, 3.63) is 77.1 Å². The Hall–Kier alpha value is -1.85. The van der Waals surface area contributed by atoms with E-state index in [1.165, 1.54) is 0 Å². The summed E-state index contributed by atoms with van der Waals surface area (Å²) in [6.07, 6.45) is 0.710. The number of nitrogens with zero attached hydrogens (tertiary/aromatic N) is 3. The van der Waals surface area contributed by atoms with E-state index >= 15 is 0 Å². The fourth-order valence-corrected chi connectivity index (χ4v) is 5.20. The molecule has 1 aromatic heterocycles. The lowest BCUT2D eigenvalue weighted by atomic mass is 9.91. The first-order valence-electron chi connectivity index (χ1n) is 11.6. The zero-order chi connectivity index (χ0) is 26.6. The van der Waals surface area contributed by atoms with Crippen LogP contribution >= 0.6 is 46.6 Å². The SMILES string of the molecule is CC1C(CSc2nncn2C)OC(c2ccc(CNC(=O)C(Cl)(Cl)Cl)cc2)OC1c1ccc(CO)cc1. The van der Waals surface area contributed by atoms with Gasteiger partial charge in [-0.3, -0.25) is 4.79 Å². The fourth-order valence-electron chi connectivity index (χ4n) is 3.94. The van der Waals surface area contributed by atoms with E-state index in [1.807, 2.05) is 60.1 Å². The molecule has 12 heteroatoms. The molecule has 198 valence electrons. The summed E-state index contributed by atoms with van der Waals surface area (Å²) in [5, 5.41) is 20.9. The van der Waals surface area contributed by atoms with Crippen molar-refractivity contribution in [3.8, 4) is 0 Å². The van der Waals surface area contributed by atoms with Crippen molar-refractivity contribution in [2.45, 2.75) is 47.5 Å². The molecule has 0 aliphatic carbocycles. The number of hydrogen-bond acceptors (Lipinski definition) is 7. The molecule has 0 radical (unpaired) electrons. The van der Waals surface area contributed by atoms with Gasteiger partial charge in [0.05, 0.1) is 18.8 Å². The molecule has 4 unspecified atom stereocenters. The molecule has 3 aromatic rings. The molecule has 1 saturated heterocycles. The molecule has 2 heterocycles. The molecule has 2 N–H and O–H groups in total. The summed E-state index contributed by atoms with van der Waals surface area (Å²) in [5.41, 5.74) is 3.53. The first kappa shape index (κ1) is 28.2. The number of aromatic nitrogens is 3. The highest BCUT2D eigenvalue weighted by Gasteiger charge is 2.38. The Morgan fingerprint density at radius 3 is 2.32 bits per heavy atom. The van der Waals surface area contributed by atoms with Gasteiger partial charge in [0.15, 0.2) is 11.4 Å². The minimum absolute atomic E-state index is 0.0154. The van der Waals surface area contributed by atoms with Gasteiger partial charge in [0, 0.05) is 30.8 Å². The second-order valence-electron chi connectivity index (χ2n) is 8.78. The summed E-state index contributed by atoms with van der Waals surface area (Å²) in [6.45, 7) is 2.31. The summed E-state index contributed by atoms with van der Waals surface area (Å²) < 4.78 is 12.8. The highest BCUT2D eigenvalue weighted by molar-refractivity contribution is 7.99. The van der Waals surface area contributed by atoms with Crippen LogP contribution in [0.25, 0.3) is 0 Å². The number of halogens is 3. The highest BCUT2D eigenvalue weighted by atomic mass is 35.6. The number of carbonyl (C=O) groups is 1. The first-order chi connectivity index (χ1) is 17.7. The van der Waals surface area contributed by atoms with Crippen molar-refractivity contribution in [3.63, 3.8) is 0 Å². The lowest BCUT2D eigenvalue weighted by Gasteiger charge is -2.41. The third kappa shape index (κ3) is 7.17. The van der Waals surface area contributed by atoms with E-state index in [9.17, 15) is 9.90 Å². The summed E-state index contributed by atoms with van der Waals surface area (Å²) in [6, 6.07) is 15.3. The maximum absolute atomic E-state index is 11.8. The number of thioether (sulfide) groups is 1. The Bertz CT molecular complexity index is 1190. The molecule has 1 aliphatic heterocycles. The number of amides is 1. The van der Waals surface area contributed by atoms with E-state index in [1.54, 1.807) is 18.1 Å². The van der Waals surface area contributed by atoms with E-state index < -0.39 is 16.0 Å². The van der Waals surface area contributed by atoms with Crippen LogP contribution in [-0.4, -0.2) is 41.4 Å². The molecule has 1 fully saturated rings. The quantitative estimate of drug-likeness (QED) is 0.287. The summed E-state index contributed by atoms with van der Waals surface area (Å²) in [4.78, 5) is 11.8. The molecule has 0 saturated carbocycles. The van der Waals surface area contributed by atoms with Gasteiger partial charge < -0.3 is 24.5 Å². The fraction of sp³-hybridized carbons (Fsp3) is 0.400. The van der Waals surface area contributed by atoms with Gasteiger partial charge in [0.1, 0.15) is 6.33 Å². The van der Waals surface area contributed by atoms with E-state index in [0.717, 1.165) is 27.4 Å². The lowest BCUT2D eigenvalue weighted by Crippen LogP contribution is -2.38. The van der Waals surface area contributed by atoms with Gasteiger partial charge in [-0.1, -0.05) is 102 Å². The van der Waals surface area contributed by atoms with Crippen LogP contribution < -0.4 is 5.32 Å². The number of ether oxygens (including phenoxy) is 2. The second kappa shape index (κ2) is 12.3. The maximum Gasteiger partial charge on any atom is 0.272 e. The van der Waals surface area contributed by atoms with Crippen molar-refractivity contribution >= 4 is 52.5 Å². The van der Waals surface area contributed by atoms with Gasteiger partial charge in [-0.15, -0.1) is 10.2 Å². The van der Waals surface area contributed by atoms with Crippen LogP contribution in [0.2, 0.25) is 0 Å². The monoisotopic (exact) mass is 584 g/mol. The number of alkyl halides is 3. The van der Waals surface area contributed by atoms with Crippen LogP contribution in [0.4, 0.5) is 0 Å². The van der Waals surface area contributed by atoms with Crippen LogP contribution in [0.3, 0.4) is 0 Å². The molecule has 1 amide bonds. The average molecular weight is 586 g/mol. The normalized spacial score (nSPS) is 22.1. The Labute approximate surface area is 234 Å². The zero-order valence-electron chi connectivity index (χ0n) is 20.2. The number of aryl methyl sites for hydroxylation is 1. The van der Waals surface area contributed by atoms with Crippen LogP contribution in [0.15, 0.2) is 60.0 Å². The van der Waals surface area contributed by atoms with Crippen LogP contribution in [0.5, 0.6) is 0 Å². The van der Waals surface area contributed by atoms with Gasteiger partial charge in [0.25, 0.3) is 9.70 Å². The number of carbonyl (C=O) groups excluding carboxylic acids is 1. The van der Waals surface area contributed by atoms with Gasteiger partial charge >= 0.3 is 0 Å². The Morgan fingerprint density at radius 2 is 1.73 bits per heavy atom. The Balaban J connectivity index is 1.51. The molecular weight excluding hydrogens is 559 g/mol. The van der Waals surface area contributed by atoms with E-state index in [0.29, 0.717) is 5.75 Å². The lowest BCUT2D eigenvalue weighted by molar-refractivity contribution is -0.268. The summed E-state index contributed by atoms with van der Waals surface area (Å²) in [7, 11) is 1.91. The van der Waals surface area contributed by atoms with E-state index in [4.69, 9.17) is 44.3 Å². The van der Waals surface area contributed by atoms with Crippen molar-refractivity contribution in [1.29, 1.82) is 0 Å². The number of benzene rings is 2. The van der Waals surface area contributed by atoms with Gasteiger partial charge in [0.2, 0.25) is 0 Å². The predicted molar refractivity (Wildman–Crippen MR) is 143 cm³/mol. The Morgan fingerprint density at radius 1 is 1.08 bits per heavy atom. The van der Waals surface area contributed by atoms with Crippen LogP contribution in [0.1, 0.15) is 41.6 Å². The minimum Gasteiger partial charge on any atom is -0.392 e. The number of aliphatic hydroxyl groups is 1. The summed E-state index contributed by atoms with van der Waals surface area (Å²) in [5.74, 6) is 0.0288. The molecule has 37 heavy (non-hydrogen) atoms. The van der Waals surface area contributed by atoms with Gasteiger partial charge in [-0.05, 0) is 16.7 Å². The maximum atomic E-state index is 11.8. The van der Waals surface area contributed by atoms with Crippen molar-refractivity contribution in [1.82, 2.24) is 20.1 Å². The van der Waals surface area contributed by atoms with Crippen molar-refractivity contribution in [2.75, 3.05) is 5.75 Å². The summed E-state index contributed by atoms with van der Waals surface area (Å²) >= 11 is 18.4. The van der Waals surface area contributed by atoms with Gasteiger partial charge in [-0.25, -0.2) is 0 Å². The molecule has 4 rings (SSSR count). The average Bonchev–Trinajstić information content (AvgIpc) is 3.31. The van der Waals surface area contributed by atoms with E-state index in [2.05, 4.69) is 22.4 Å². The Kier molecular flexibility index (Phi) is 9.39.